The van der Waals surface area contributed by atoms with Gasteiger partial charge < -0.3 is 25.4 Å². The number of aliphatic hydroxyl groups is 2. The van der Waals surface area contributed by atoms with Crippen LogP contribution in [0.1, 0.15) is 5.56 Å². The van der Waals surface area contributed by atoms with E-state index in [0.717, 1.165) is 22.4 Å². The number of H-pyrrole nitrogens is 1. The summed E-state index contributed by atoms with van der Waals surface area (Å²) in [5, 5.41) is 22.3. The Kier molecular flexibility index (Phi) is 4.97. The van der Waals surface area contributed by atoms with Crippen molar-refractivity contribution in [3.05, 3.63) is 54.5 Å². The number of amides is 1. The number of hydrogen-bond acceptors (Lipinski definition) is 6. The van der Waals surface area contributed by atoms with Gasteiger partial charge in [-0.1, -0.05) is 30.3 Å². The second kappa shape index (κ2) is 7.57. The van der Waals surface area contributed by atoms with Crippen LogP contribution in [0.15, 0.2) is 48.9 Å². The molecule has 0 unspecified atom stereocenters. The molecule has 0 saturated carbocycles. The number of benzene rings is 1. The van der Waals surface area contributed by atoms with Crippen molar-refractivity contribution in [3.8, 4) is 0 Å². The van der Waals surface area contributed by atoms with Gasteiger partial charge in [0.15, 0.2) is 0 Å². The summed E-state index contributed by atoms with van der Waals surface area (Å²) in [5.41, 5.74) is 1.22. The summed E-state index contributed by atoms with van der Waals surface area (Å²) in [5.74, 6) is 0.678. The van der Waals surface area contributed by atoms with Gasteiger partial charge in [-0.25, -0.2) is 9.97 Å². The maximum absolute atomic E-state index is 13.0. The normalized spacial score (nSPS) is 16.6. The molecule has 1 aliphatic heterocycles. The molecular formula is C20H23N5O3. The fraction of sp³-hybridized carbons (Fsp3) is 0.350. The second-order valence-electron chi connectivity index (χ2n) is 7.28. The minimum absolute atomic E-state index is 0.0292. The van der Waals surface area contributed by atoms with E-state index in [-0.39, 0.29) is 19.1 Å². The molecule has 1 aliphatic rings. The van der Waals surface area contributed by atoms with E-state index < -0.39 is 11.5 Å². The number of aromatic amines is 1. The zero-order chi connectivity index (χ0) is 19.6. The van der Waals surface area contributed by atoms with E-state index in [1.807, 2.05) is 42.6 Å². The lowest BCUT2D eigenvalue weighted by molar-refractivity contribution is -0.133. The molecule has 1 fully saturated rings. The van der Waals surface area contributed by atoms with Crippen LogP contribution in [0.25, 0.3) is 11.0 Å². The van der Waals surface area contributed by atoms with Crippen molar-refractivity contribution < 1.29 is 15.0 Å². The molecule has 28 heavy (non-hydrogen) atoms. The highest BCUT2D eigenvalue weighted by molar-refractivity contribution is 5.91. The van der Waals surface area contributed by atoms with Gasteiger partial charge in [-0.05, 0) is 18.1 Å². The zero-order valence-corrected chi connectivity index (χ0v) is 15.4. The summed E-state index contributed by atoms with van der Waals surface area (Å²) < 4.78 is 0. The van der Waals surface area contributed by atoms with E-state index in [2.05, 4.69) is 25.2 Å². The first-order valence-electron chi connectivity index (χ1n) is 9.25. The number of anilines is 1. The Balaban J connectivity index is 1.55. The van der Waals surface area contributed by atoms with Gasteiger partial charge in [-0.2, -0.15) is 0 Å². The smallest absolute Gasteiger partial charge is 0.230 e. The molecule has 0 spiro atoms. The predicted molar refractivity (Wildman–Crippen MR) is 105 cm³/mol. The summed E-state index contributed by atoms with van der Waals surface area (Å²) in [7, 11) is 0. The highest BCUT2D eigenvalue weighted by Crippen LogP contribution is 2.39. The van der Waals surface area contributed by atoms with Gasteiger partial charge in [0.05, 0.1) is 23.5 Å². The number of nitrogens with zero attached hydrogens (tertiary/aromatic N) is 3. The van der Waals surface area contributed by atoms with Gasteiger partial charge >= 0.3 is 0 Å². The van der Waals surface area contributed by atoms with Crippen LogP contribution in [-0.4, -0.2) is 63.4 Å². The Morgan fingerprint density at radius 1 is 1.25 bits per heavy atom. The molecule has 4 N–H and O–H groups in total. The molecule has 1 amide bonds. The molecule has 4 rings (SSSR count). The third-order valence-electron chi connectivity index (χ3n) is 5.20. The van der Waals surface area contributed by atoms with Crippen LogP contribution in [-0.2, 0) is 11.2 Å². The third-order valence-corrected chi connectivity index (χ3v) is 5.20. The minimum Gasteiger partial charge on any atom is -0.394 e. The molecule has 3 aromatic rings. The molecule has 8 nitrogen and oxygen atoms in total. The zero-order valence-electron chi connectivity index (χ0n) is 15.4. The number of aromatic nitrogens is 3. The van der Waals surface area contributed by atoms with E-state index in [1.54, 1.807) is 0 Å². The lowest BCUT2D eigenvalue weighted by atomic mass is 9.73. The summed E-state index contributed by atoms with van der Waals surface area (Å²) >= 11 is 0. The molecule has 0 radical (unpaired) electrons. The first kappa shape index (κ1) is 18.4. The Morgan fingerprint density at radius 3 is 2.79 bits per heavy atom. The maximum Gasteiger partial charge on any atom is 0.230 e. The van der Waals surface area contributed by atoms with E-state index in [4.69, 9.17) is 5.11 Å². The number of fused-ring (bicyclic) bond motifs is 1. The lowest BCUT2D eigenvalue weighted by Crippen LogP contribution is -2.65. The molecule has 0 aliphatic carbocycles. The number of aliphatic hydroxyl groups excluding tert-OH is 2. The van der Waals surface area contributed by atoms with Crippen molar-refractivity contribution in [3.63, 3.8) is 0 Å². The van der Waals surface area contributed by atoms with Crippen molar-refractivity contribution in [2.24, 2.45) is 5.41 Å². The van der Waals surface area contributed by atoms with Gasteiger partial charge in [0.2, 0.25) is 5.91 Å². The second-order valence-corrected chi connectivity index (χ2v) is 7.28. The van der Waals surface area contributed by atoms with Crippen molar-refractivity contribution >= 4 is 22.8 Å². The van der Waals surface area contributed by atoms with Crippen LogP contribution in [0.2, 0.25) is 0 Å². The van der Waals surface area contributed by atoms with E-state index >= 15 is 0 Å². The van der Waals surface area contributed by atoms with Crippen molar-refractivity contribution in [2.45, 2.75) is 12.5 Å². The average molecular weight is 381 g/mol. The highest BCUT2D eigenvalue weighted by atomic mass is 16.3. The number of rotatable bonds is 7. The first-order chi connectivity index (χ1) is 13.6. The van der Waals surface area contributed by atoms with Crippen LogP contribution < -0.4 is 10.2 Å². The molecule has 3 heterocycles. The van der Waals surface area contributed by atoms with Crippen LogP contribution in [0, 0.1) is 5.41 Å². The molecular weight excluding hydrogens is 358 g/mol. The minimum atomic E-state index is -0.963. The fourth-order valence-electron chi connectivity index (χ4n) is 3.73. The van der Waals surface area contributed by atoms with Crippen LogP contribution in [0.5, 0.6) is 0 Å². The molecule has 146 valence electrons. The molecule has 1 saturated heterocycles. The van der Waals surface area contributed by atoms with Gasteiger partial charge in [0, 0.05) is 25.8 Å². The van der Waals surface area contributed by atoms with Gasteiger partial charge in [-0.15, -0.1) is 0 Å². The molecule has 0 bridgehead atoms. The van der Waals surface area contributed by atoms with Gasteiger partial charge in [-0.3, -0.25) is 4.79 Å². The van der Waals surface area contributed by atoms with Crippen LogP contribution in [0.3, 0.4) is 0 Å². The Morgan fingerprint density at radius 2 is 2.04 bits per heavy atom. The predicted octanol–water partition coefficient (Wildman–Crippen LogP) is 0.476. The maximum atomic E-state index is 13.0. The van der Waals surface area contributed by atoms with E-state index in [0.29, 0.717) is 19.5 Å². The van der Waals surface area contributed by atoms with Gasteiger partial charge in [0.25, 0.3) is 0 Å². The number of nitrogens with one attached hydrogen (secondary N) is 2. The largest absolute Gasteiger partial charge is 0.394 e. The van der Waals surface area contributed by atoms with E-state index in [9.17, 15) is 9.90 Å². The van der Waals surface area contributed by atoms with Crippen molar-refractivity contribution in [1.82, 2.24) is 20.3 Å². The number of carbonyl (C=O) groups is 1. The SMILES string of the molecule is O=C(NC[C@@H](O)CO)C1(Cc2ccccc2)CN(c2ncnc3[nH]ccc23)C1. The topological polar surface area (TPSA) is 114 Å². The molecule has 1 aromatic carbocycles. The summed E-state index contributed by atoms with van der Waals surface area (Å²) in [6, 6.07) is 11.8. The van der Waals surface area contributed by atoms with Crippen LogP contribution >= 0.6 is 0 Å². The summed E-state index contributed by atoms with van der Waals surface area (Å²) in [4.78, 5) is 26.8. The lowest BCUT2D eigenvalue weighted by Gasteiger charge is -2.49. The fourth-order valence-corrected chi connectivity index (χ4v) is 3.73. The number of hydrogen-bond donors (Lipinski definition) is 4. The average Bonchev–Trinajstić information content (AvgIpc) is 3.18. The third kappa shape index (κ3) is 3.44. The first-order valence-corrected chi connectivity index (χ1v) is 9.25. The standard InChI is InChI=1S/C20H23N5O3/c26-10-15(27)9-22-19(28)20(8-14-4-2-1-3-5-14)11-25(12-20)18-16-6-7-21-17(16)23-13-24-18/h1-7,13,15,26-27H,8-12H2,(H,22,28)(H,21,23,24)/t15-/m1/s1. The summed E-state index contributed by atoms with van der Waals surface area (Å²) in [6.07, 6.45) is 2.97. The summed E-state index contributed by atoms with van der Waals surface area (Å²) in [6.45, 7) is 0.673. The Hall–Kier alpha value is -2.97. The highest BCUT2D eigenvalue weighted by Gasteiger charge is 2.50. The van der Waals surface area contributed by atoms with Crippen LogP contribution in [0.4, 0.5) is 5.82 Å². The van der Waals surface area contributed by atoms with Crippen molar-refractivity contribution in [1.29, 1.82) is 0 Å². The number of carbonyl (C=O) groups excluding carboxylic acids is 1. The molecule has 8 heteroatoms. The molecule has 1 atom stereocenters. The Bertz CT molecular complexity index is 953. The van der Waals surface area contributed by atoms with Crippen molar-refractivity contribution in [2.75, 3.05) is 31.1 Å². The quantitative estimate of drug-likeness (QED) is 0.473. The monoisotopic (exact) mass is 381 g/mol. The molecule has 2 aromatic heterocycles. The van der Waals surface area contributed by atoms with E-state index in [1.165, 1.54) is 6.33 Å². The Labute approximate surface area is 162 Å². The van der Waals surface area contributed by atoms with Gasteiger partial charge in [0.1, 0.15) is 17.8 Å².